The zero-order chi connectivity index (χ0) is 19.6. The SMILES string of the molecule is CC(C)=CC=C(OC(=O)C(C)C)c1cc(O)c2c(O)ccc(O)c2c1O. The summed E-state index contributed by atoms with van der Waals surface area (Å²) >= 11 is 0. The van der Waals surface area contributed by atoms with Gasteiger partial charge in [0, 0.05) is 0 Å². The van der Waals surface area contributed by atoms with E-state index in [1.807, 2.05) is 13.8 Å². The van der Waals surface area contributed by atoms with Crippen molar-refractivity contribution in [2.75, 3.05) is 0 Å². The van der Waals surface area contributed by atoms with E-state index in [2.05, 4.69) is 0 Å². The minimum absolute atomic E-state index is 0.0161. The largest absolute Gasteiger partial charge is 0.507 e. The minimum atomic E-state index is -0.516. The first-order valence-corrected chi connectivity index (χ1v) is 8.10. The van der Waals surface area contributed by atoms with Crippen molar-refractivity contribution >= 4 is 22.5 Å². The summed E-state index contributed by atoms with van der Waals surface area (Å²) in [4.78, 5) is 12.0. The second kappa shape index (κ2) is 7.39. The van der Waals surface area contributed by atoms with Crippen LogP contribution in [0.1, 0.15) is 33.3 Å². The van der Waals surface area contributed by atoms with Gasteiger partial charge in [-0.05, 0) is 38.1 Å². The summed E-state index contributed by atoms with van der Waals surface area (Å²) in [7, 11) is 0. The molecule has 0 aliphatic rings. The smallest absolute Gasteiger partial charge is 0.313 e. The van der Waals surface area contributed by atoms with Crippen molar-refractivity contribution in [2.24, 2.45) is 5.92 Å². The summed E-state index contributed by atoms with van der Waals surface area (Å²) < 4.78 is 5.37. The van der Waals surface area contributed by atoms with Crippen LogP contribution in [0.4, 0.5) is 0 Å². The number of aromatic hydroxyl groups is 4. The molecule has 4 N–H and O–H groups in total. The molecule has 0 aromatic heterocycles. The number of phenolic OH excluding ortho intramolecular Hbond substituents is 4. The van der Waals surface area contributed by atoms with Gasteiger partial charge in [-0.3, -0.25) is 4.79 Å². The number of phenols is 4. The molecule has 0 fully saturated rings. The Morgan fingerprint density at radius 3 is 2.08 bits per heavy atom. The first-order chi connectivity index (χ1) is 12.1. The molecule has 0 unspecified atom stereocenters. The quantitative estimate of drug-likeness (QED) is 0.283. The summed E-state index contributed by atoms with van der Waals surface area (Å²) in [6.45, 7) is 7.03. The number of carbonyl (C=O) groups is 1. The third-order valence-electron chi connectivity index (χ3n) is 3.71. The van der Waals surface area contributed by atoms with Gasteiger partial charge in [-0.2, -0.15) is 0 Å². The maximum Gasteiger partial charge on any atom is 0.313 e. The lowest BCUT2D eigenvalue weighted by Gasteiger charge is -2.15. The first-order valence-electron chi connectivity index (χ1n) is 8.10. The molecule has 0 saturated carbocycles. The first kappa shape index (κ1) is 19.2. The fourth-order valence-corrected chi connectivity index (χ4v) is 2.33. The van der Waals surface area contributed by atoms with Crippen molar-refractivity contribution in [3.05, 3.63) is 41.5 Å². The second-order valence-electron chi connectivity index (χ2n) is 6.50. The summed E-state index contributed by atoms with van der Waals surface area (Å²) in [5.41, 5.74) is 0.940. The van der Waals surface area contributed by atoms with Crippen molar-refractivity contribution in [3.8, 4) is 23.0 Å². The van der Waals surface area contributed by atoms with Crippen LogP contribution >= 0.6 is 0 Å². The van der Waals surface area contributed by atoms with Crippen LogP contribution in [0.5, 0.6) is 23.0 Å². The zero-order valence-electron chi connectivity index (χ0n) is 15.1. The number of fused-ring (bicyclic) bond motifs is 1. The summed E-state index contributed by atoms with van der Waals surface area (Å²) in [6, 6.07) is 3.57. The molecule has 0 radical (unpaired) electrons. The molecule has 6 heteroatoms. The Morgan fingerprint density at radius 1 is 0.962 bits per heavy atom. The Balaban J connectivity index is 2.76. The predicted octanol–water partition coefficient (Wildman–Crippen LogP) is 4.17. The third-order valence-corrected chi connectivity index (χ3v) is 3.71. The van der Waals surface area contributed by atoms with Gasteiger partial charge in [0.1, 0.15) is 28.8 Å². The molecule has 0 saturated heterocycles. The number of esters is 1. The number of hydrogen-bond donors (Lipinski definition) is 4. The summed E-state index contributed by atoms with van der Waals surface area (Å²) in [5, 5.41) is 40.7. The number of ether oxygens (including phenoxy) is 1. The van der Waals surface area contributed by atoms with Gasteiger partial charge >= 0.3 is 5.97 Å². The fourth-order valence-electron chi connectivity index (χ4n) is 2.33. The van der Waals surface area contributed by atoms with E-state index in [9.17, 15) is 25.2 Å². The molecule has 0 spiro atoms. The van der Waals surface area contributed by atoms with Gasteiger partial charge in [0.15, 0.2) is 0 Å². The maximum atomic E-state index is 12.0. The lowest BCUT2D eigenvalue weighted by molar-refractivity contribution is -0.140. The van der Waals surface area contributed by atoms with Gasteiger partial charge in [-0.15, -0.1) is 0 Å². The Labute approximate surface area is 151 Å². The highest BCUT2D eigenvalue weighted by Gasteiger charge is 2.22. The van der Waals surface area contributed by atoms with Crippen LogP contribution < -0.4 is 0 Å². The number of benzene rings is 2. The minimum Gasteiger partial charge on any atom is -0.507 e. The second-order valence-corrected chi connectivity index (χ2v) is 6.50. The molecule has 2 rings (SSSR count). The molecule has 6 nitrogen and oxygen atoms in total. The van der Waals surface area contributed by atoms with E-state index in [0.717, 1.165) is 5.57 Å². The normalized spacial score (nSPS) is 11.7. The number of rotatable bonds is 4. The lowest BCUT2D eigenvalue weighted by Crippen LogP contribution is -2.11. The predicted molar refractivity (Wildman–Crippen MR) is 98.9 cm³/mol. The van der Waals surface area contributed by atoms with Crippen LogP contribution in [-0.2, 0) is 9.53 Å². The van der Waals surface area contributed by atoms with Gasteiger partial charge in [0.2, 0.25) is 0 Å². The van der Waals surface area contributed by atoms with Gasteiger partial charge < -0.3 is 25.2 Å². The van der Waals surface area contributed by atoms with Crippen LogP contribution in [0.3, 0.4) is 0 Å². The molecule has 0 aliphatic carbocycles. The molecule has 0 bridgehead atoms. The number of allylic oxidation sites excluding steroid dienone is 3. The van der Waals surface area contributed by atoms with Crippen molar-refractivity contribution in [1.82, 2.24) is 0 Å². The molecule has 138 valence electrons. The van der Waals surface area contributed by atoms with Crippen LogP contribution in [-0.4, -0.2) is 26.4 Å². The summed E-state index contributed by atoms with van der Waals surface area (Å²) in [6.07, 6.45) is 3.18. The van der Waals surface area contributed by atoms with Gasteiger partial charge in [-0.1, -0.05) is 25.5 Å². The Hall–Kier alpha value is -3.15. The molecule has 0 amide bonds. The Kier molecular flexibility index (Phi) is 5.45. The van der Waals surface area contributed by atoms with Crippen LogP contribution in [0, 0.1) is 5.92 Å². The molecular weight excluding hydrogens is 336 g/mol. The van der Waals surface area contributed by atoms with Crippen LogP contribution in [0.15, 0.2) is 35.9 Å². The highest BCUT2D eigenvalue weighted by Crippen LogP contribution is 2.46. The van der Waals surface area contributed by atoms with E-state index in [0.29, 0.717) is 0 Å². The standard InChI is InChI=1S/C20H22O6/c1-10(2)5-8-16(26-20(25)11(3)4)12-9-15(23)17-13(21)6-7-14(22)18(17)19(12)24/h5-9,11,21-24H,1-4H3. The molecule has 0 aliphatic heterocycles. The van der Waals surface area contributed by atoms with Crippen LogP contribution in [0.2, 0.25) is 0 Å². The zero-order valence-corrected chi connectivity index (χ0v) is 15.1. The van der Waals surface area contributed by atoms with Gasteiger partial charge in [-0.25, -0.2) is 0 Å². The highest BCUT2D eigenvalue weighted by atomic mass is 16.5. The van der Waals surface area contributed by atoms with Crippen molar-refractivity contribution in [1.29, 1.82) is 0 Å². The topological polar surface area (TPSA) is 107 Å². The highest BCUT2D eigenvalue weighted by molar-refractivity contribution is 6.04. The van der Waals surface area contributed by atoms with Crippen molar-refractivity contribution < 1.29 is 30.0 Å². The lowest BCUT2D eigenvalue weighted by atomic mass is 10.0. The van der Waals surface area contributed by atoms with Gasteiger partial charge in [0.05, 0.1) is 22.3 Å². The number of hydrogen-bond acceptors (Lipinski definition) is 6. The van der Waals surface area contributed by atoms with Crippen LogP contribution in [0.25, 0.3) is 16.5 Å². The molecule has 2 aromatic carbocycles. The molecule has 26 heavy (non-hydrogen) atoms. The van der Waals surface area contributed by atoms with E-state index in [1.165, 1.54) is 24.3 Å². The van der Waals surface area contributed by atoms with E-state index >= 15 is 0 Å². The van der Waals surface area contributed by atoms with E-state index in [4.69, 9.17) is 4.74 Å². The monoisotopic (exact) mass is 358 g/mol. The number of carbonyl (C=O) groups excluding carboxylic acids is 1. The van der Waals surface area contributed by atoms with E-state index in [1.54, 1.807) is 19.9 Å². The van der Waals surface area contributed by atoms with Gasteiger partial charge in [0.25, 0.3) is 0 Å². The molecular formula is C20H22O6. The molecule has 0 atom stereocenters. The van der Waals surface area contributed by atoms with Crippen molar-refractivity contribution in [3.63, 3.8) is 0 Å². The molecule has 0 heterocycles. The Bertz CT molecular complexity index is 918. The average molecular weight is 358 g/mol. The van der Waals surface area contributed by atoms with E-state index < -0.39 is 17.6 Å². The maximum absolute atomic E-state index is 12.0. The summed E-state index contributed by atoms with van der Waals surface area (Å²) in [5.74, 6) is -2.32. The third kappa shape index (κ3) is 3.74. The molecule has 2 aromatic rings. The van der Waals surface area contributed by atoms with E-state index in [-0.39, 0.29) is 39.3 Å². The Morgan fingerprint density at radius 2 is 1.54 bits per heavy atom. The fraction of sp³-hybridized carbons (Fsp3) is 0.250. The van der Waals surface area contributed by atoms with Crippen molar-refractivity contribution in [2.45, 2.75) is 27.7 Å². The average Bonchev–Trinajstić information content (AvgIpc) is 2.56.